The molecule has 118 valence electrons. The molecule has 0 aliphatic rings. The number of thiazole rings is 1. The molecule has 0 radical (unpaired) electrons. The van der Waals surface area contributed by atoms with Gasteiger partial charge in [0.15, 0.2) is 5.13 Å². The smallest absolute Gasteiger partial charge is 0.226 e. The van der Waals surface area contributed by atoms with Crippen LogP contribution in [0.4, 0.5) is 5.13 Å². The SMILES string of the molecule is COc1ccc(SCCC(=O)Nc2nc(C(C)C)cs2)cc1. The summed E-state index contributed by atoms with van der Waals surface area (Å²) in [5.41, 5.74) is 1.02. The molecule has 0 aliphatic heterocycles. The Morgan fingerprint density at radius 1 is 1.36 bits per heavy atom. The molecule has 4 nitrogen and oxygen atoms in total. The van der Waals surface area contributed by atoms with E-state index in [-0.39, 0.29) is 5.91 Å². The predicted molar refractivity (Wildman–Crippen MR) is 93.2 cm³/mol. The van der Waals surface area contributed by atoms with Crippen molar-refractivity contribution in [2.45, 2.75) is 31.1 Å². The van der Waals surface area contributed by atoms with Gasteiger partial charge in [0.05, 0.1) is 12.8 Å². The average molecular weight is 336 g/mol. The fourth-order valence-electron chi connectivity index (χ4n) is 1.72. The third-order valence-electron chi connectivity index (χ3n) is 3.02. The highest BCUT2D eigenvalue weighted by atomic mass is 32.2. The van der Waals surface area contributed by atoms with E-state index in [0.717, 1.165) is 22.1 Å². The van der Waals surface area contributed by atoms with Gasteiger partial charge < -0.3 is 10.1 Å². The second-order valence-corrected chi connectivity index (χ2v) is 7.08. The molecule has 2 rings (SSSR count). The van der Waals surface area contributed by atoms with Crippen molar-refractivity contribution in [2.24, 2.45) is 0 Å². The van der Waals surface area contributed by atoms with E-state index in [1.54, 1.807) is 18.9 Å². The van der Waals surface area contributed by atoms with Crippen LogP contribution < -0.4 is 10.1 Å². The number of methoxy groups -OCH3 is 1. The molecular formula is C16H20N2O2S2. The Balaban J connectivity index is 1.74. The topological polar surface area (TPSA) is 51.2 Å². The number of carbonyl (C=O) groups excluding carboxylic acids is 1. The Labute approximate surface area is 139 Å². The summed E-state index contributed by atoms with van der Waals surface area (Å²) < 4.78 is 5.12. The van der Waals surface area contributed by atoms with Crippen LogP contribution in [-0.2, 0) is 4.79 Å². The van der Waals surface area contributed by atoms with Crippen LogP contribution in [0.25, 0.3) is 0 Å². The minimum atomic E-state index is 0.00525. The number of hydrogen-bond acceptors (Lipinski definition) is 5. The van der Waals surface area contributed by atoms with Crippen LogP contribution in [0.1, 0.15) is 31.9 Å². The molecule has 0 saturated carbocycles. The summed E-state index contributed by atoms with van der Waals surface area (Å²) in [6, 6.07) is 7.84. The Morgan fingerprint density at radius 2 is 2.09 bits per heavy atom. The van der Waals surface area contributed by atoms with Crippen molar-refractivity contribution in [3.8, 4) is 5.75 Å². The zero-order valence-electron chi connectivity index (χ0n) is 13.0. The monoisotopic (exact) mass is 336 g/mol. The van der Waals surface area contributed by atoms with Gasteiger partial charge in [0.25, 0.3) is 0 Å². The number of amides is 1. The second-order valence-electron chi connectivity index (χ2n) is 5.05. The number of anilines is 1. The maximum Gasteiger partial charge on any atom is 0.226 e. The third kappa shape index (κ3) is 5.03. The Hall–Kier alpha value is -1.53. The number of aromatic nitrogens is 1. The molecule has 6 heteroatoms. The van der Waals surface area contributed by atoms with Crippen LogP contribution in [0.5, 0.6) is 5.75 Å². The van der Waals surface area contributed by atoms with Crippen molar-refractivity contribution in [2.75, 3.05) is 18.2 Å². The number of nitrogens with one attached hydrogen (secondary N) is 1. The van der Waals surface area contributed by atoms with Crippen LogP contribution in [0, 0.1) is 0 Å². The number of benzene rings is 1. The van der Waals surface area contributed by atoms with E-state index >= 15 is 0 Å². The molecular weight excluding hydrogens is 316 g/mol. The molecule has 2 aromatic rings. The van der Waals surface area contributed by atoms with E-state index in [9.17, 15) is 4.79 Å². The van der Waals surface area contributed by atoms with Gasteiger partial charge in [-0.3, -0.25) is 4.79 Å². The highest BCUT2D eigenvalue weighted by Gasteiger charge is 2.08. The highest BCUT2D eigenvalue weighted by Crippen LogP contribution is 2.23. The Morgan fingerprint density at radius 3 is 2.68 bits per heavy atom. The number of carbonyl (C=O) groups is 1. The van der Waals surface area contributed by atoms with E-state index in [1.165, 1.54) is 11.3 Å². The van der Waals surface area contributed by atoms with Crippen LogP contribution in [0.2, 0.25) is 0 Å². The molecule has 22 heavy (non-hydrogen) atoms. The highest BCUT2D eigenvalue weighted by molar-refractivity contribution is 7.99. The standard InChI is InChI=1S/C16H20N2O2S2/c1-11(2)14-10-22-16(17-14)18-15(19)8-9-21-13-6-4-12(20-3)5-7-13/h4-7,10-11H,8-9H2,1-3H3,(H,17,18,19). The molecule has 0 spiro atoms. The van der Waals surface area contributed by atoms with Crippen LogP contribution in [-0.4, -0.2) is 23.8 Å². The van der Waals surface area contributed by atoms with Gasteiger partial charge in [-0.15, -0.1) is 23.1 Å². The zero-order valence-corrected chi connectivity index (χ0v) is 14.6. The molecule has 1 heterocycles. The van der Waals surface area contributed by atoms with Crippen molar-refractivity contribution in [3.05, 3.63) is 35.3 Å². The quantitative estimate of drug-likeness (QED) is 0.762. The fourth-order valence-corrected chi connectivity index (χ4v) is 3.46. The largest absolute Gasteiger partial charge is 0.497 e. The van der Waals surface area contributed by atoms with E-state index in [1.807, 2.05) is 29.6 Å². The van der Waals surface area contributed by atoms with E-state index in [0.29, 0.717) is 17.5 Å². The summed E-state index contributed by atoms with van der Waals surface area (Å²) in [5, 5.41) is 5.53. The molecule has 1 amide bonds. The fraction of sp³-hybridized carbons (Fsp3) is 0.375. The first-order valence-corrected chi connectivity index (χ1v) is 8.97. The number of ether oxygens (including phenoxy) is 1. The summed E-state index contributed by atoms with van der Waals surface area (Å²) in [6.07, 6.45) is 0.466. The lowest BCUT2D eigenvalue weighted by molar-refractivity contribution is -0.115. The van der Waals surface area contributed by atoms with E-state index in [2.05, 4.69) is 24.1 Å². The van der Waals surface area contributed by atoms with Gasteiger partial charge in [0, 0.05) is 22.4 Å². The van der Waals surface area contributed by atoms with Crippen molar-refractivity contribution in [1.29, 1.82) is 0 Å². The molecule has 1 aromatic carbocycles. The summed E-state index contributed by atoms with van der Waals surface area (Å²) >= 11 is 3.13. The van der Waals surface area contributed by atoms with Gasteiger partial charge in [-0.1, -0.05) is 13.8 Å². The van der Waals surface area contributed by atoms with Gasteiger partial charge in [-0.25, -0.2) is 4.98 Å². The Kier molecular flexibility index (Phi) is 6.27. The van der Waals surface area contributed by atoms with Gasteiger partial charge in [0.2, 0.25) is 5.91 Å². The van der Waals surface area contributed by atoms with Crippen LogP contribution >= 0.6 is 23.1 Å². The molecule has 0 saturated heterocycles. The van der Waals surface area contributed by atoms with Crippen LogP contribution in [0.3, 0.4) is 0 Å². The number of thioether (sulfide) groups is 1. The van der Waals surface area contributed by atoms with Crippen molar-refractivity contribution < 1.29 is 9.53 Å². The molecule has 1 aromatic heterocycles. The maximum atomic E-state index is 11.9. The van der Waals surface area contributed by atoms with Gasteiger partial charge >= 0.3 is 0 Å². The zero-order chi connectivity index (χ0) is 15.9. The minimum Gasteiger partial charge on any atom is -0.497 e. The number of hydrogen-bond donors (Lipinski definition) is 1. The maximum absolute atomic E-state index is 11.9. The van der Waals surface area contributed by atoms with E-state index < -0.39 is 0 Å². The molecule has 0 bridgehead atoms. The summed E-state index contributed by atoms with van der Waals surface area (Å²) in [6.45, 7) is 4.18. The van der Waals surface area contributed by atoms with Crippen molar-refractivity contribution in [3.63, 3.8) is 0 Å². The number of rotatable bonds is 7. The van der Waals surface area contributed by atoms with Crippen molar-refractivity contribution in [1.82, 2.24) is 4.98 Å². The molecule has 0 unspecified atom stereocenters. The summed E-state index contributed by atoms with van der Waals surface area (Å²) in [7, 11) is 1.65. The first-order valence-electron chi connectivity index (χ1n) is 7.10. The first-order chi connectivity index (χ1) is 10.6. The lowest BCUT2D eigenvalue weighted by Gasteiger charge is -2.04. The summed E-state index contributed by atoms with van der Waals surface area (Å²) in [5.74, 6) is 1.96. The molecule has 0 fully saturated rings. The van der Waals surface area contributed by atoms with Gasteiger partial charge in [0.1, 0.15) is 5.75 Å². The lowest BCUT2D eigenvalue weighted by atomic mass is 10.2. The van der Waals surface area contributed by atoms with Gasteiger partial charge in [-0.2, -0.15) is 0 Å². The molecule has 0 aliphatic carbocycles. The minimum absolute atomic E-state index is 0.00525. The molecule has 1 N–H and O–H groups in total. The summed E-state index contributed by atoms with van der Waals surface area (Å²) in [4.78, 5) is 17.4. The lowest BCUT2D eigenvalue weighted by Crippen LogP contribution is -2.12. The Bertz CT molecular complexity index is 609. The first kappa shape index (κ1) is 16.8. The molecule has 0 atom stereocenters. The second kappa shape index (κ2) is 8.19. The average Bonchev–Trinajstić information content (AvgIpc) is 2.96. The van der Waals surface area contributed by atoms with Crippen molar-refractivity contribution >= 4 is 34.1 Å². The van der Waals surface area contributed by atoms with E-state index in [4.69, 9.17) is 4.74 Å². The van der Waals surface area contributed by atoms with Gasteiger partial charge in [-0.05, 0) is 30.2 Å². The number of nitrogens with zero attached hydrogens (tertiary/aromatic N) is 1. The normalized spacial score (nSPS) is 10.7. The third-order valence-corrected chi connectivity index (χ3v) is 4.81. The predicted octanol–water partition coefficient (Wildman–Crippen LogP) is 4.40. The van der Waals surface area contributed by atoms with Crippen LogP contribution in [0.15, 0.2) is 34.5 Å².